The quantitative estimate of drug-likeness (QED) is 0.176. The summed E-state index contributed by atoms with van der Waals surface area (Å²) >= 11 is 0. The Bertz CT molecular complexity index is 1580. The normalized spacial score (nSPS) is 12.9. The molecule has 1 fully saturated rings. The third-order valence-electron chi connectivity index (χ3n) is 7.36. The molecular weight excluding hydrogens is 526 g/mol. The number of amides is 1. The lowest BCUT2D eigenvalue weighted by Gasteiger charge is -2.30. The number of benzene rings is 3. The van der Waals surface area contributed by atoms with E-state index in [1.165, 1.54) is 12.5 Å². The van der Waals surface area contributed by atoms with Gasteiger partial charge in [0, 0.05) is 31.4 Å². The largest absolute Gasteiger partial charge is 0.495 e. The van der Waals surface area contributed by atoms with Gasteiger partial charge >= 0.3 is 0 Å². The van der Waals surface area contributed by atoms with Gasteiger partial charge in [-0.05, 0) is 90.9 Å². The van der Waals surface area contributed by atoms with Crippen LogP contribution < -0.4 is 30.7 Å². The van der Waals surface area contributed by atoms with Crippen molar-refractivity contribution >= 4 is 28.8 Å². The molecular formula is C34H37N5O3. The minimum absolute atomic E-state index is 0.277. The first kappa shape index (κ1) is 28.7. The zero-order valence-corrected chi connectivity index (χ0v) is 24.2. The van der Waals surface area contributed by atoms with E-state index in [0.717, 1.165) is 59.6 Å². The second-order valence-electron chi connectivity index (χ2n) is 10.3. The molecule has 8 nitrogen and oxygen atoms in total. The Morgan fingerprint density at radius 3 is 2.57 bits per heavy atom. The number of methoxy groups -OCH3 is 1. The van der Waals surface area contributed by atoms with E-state index < -0.39 is 0 Å². The maximum absolute atomic E-state index is 12.0. The van der Waals surface area contributed by atoms with E-state index in [4.69, 9.17) is 20.2 Å². The van der Waals surface area contributed by atoms with Crippen LogP contribution in [0.2, 0.25) is 0 Å². The Morgan fingerprint density at radius 2 is 1.81 bits per heavy atom. The van der Waals surface area contributed by atoms with Gasteiger partial charge in [-0.15, -0.1) is 0 Å². The molecule has 1 saturated heterocycles. The van der Waals surface area contributed by atoms with Crippen LogP contribution in [0, 0.1) is 6.92 Å². The number of piperidine rings is 1. The van der Waals surface area contributed by atoms with Crippen LogP contribution in [0.15, 0.2) is 85.5 Å². The first-order chi connectivity index (χ1) is 20.5. The number of carbonyl (C=O) groups excluding carboxylic acids is 1. The van der Waals surface area contributed by atoms with Gasteiger partial charge in [0.05, 0.1) is 12.8 Å². The molecule has 1 amide bonds. The Balaban J connectivity index is 1.45. The predicted molar refractivity (Wildman–Crippen MR) is 170 cm³/mol. The molecule has 4 N–H and O–H groups in total. The SMILES string of the molecule is C=CC(=O)Nc1cc(Oc2nc(Nc3ccc(-c4cccc(CN)c4)cc3OC)ccc2N2CCCCC2)ccc1C. The number of hydrogen-bond acceptors (Lipinski definition) is 7. The minimum Gasteiger partial charge on any atom is -0.495 e. The van der Waals surface area contributed by atoms with Crippen LogP contribution in [0.25, 0.3) is 11.1 Å². The summed E-state index contributed by atoms with van der Waals surface area (Å²) in [4.78, 5) is 19.2. The van der Waals surface area contributed by atoms with E-state index in [1.807, 2.05) is 61.5 Å². The fourth-order valence-electron chi connectivity index (χ4n) is 5.04. The number of ether oxygens (including phenoxy) is 2. The Labute approximate surface area is 247 Å². The van der Waals surface area contributed by atoms with Crippen molar-refractivity contribution in [1.29, 1.82) is 0 Å². The highest BCUT2D eigenvalue weighted by molar-refractivity contribution is 5.99. The summed E-state index contributed by atoms with van der Waals surface area (Å²) < 4.78 is 12.1. The molecule has 42 heavy (non-hydrogen) atoms. The molecule has 0 saturated carbocycles. The summed E-state index contributed by atoms with van der Waals surface area (Å²) in [5.74, 6) is 2.09. The number of carbonyl (C=O) groups is 1. The van der Waals surface area contributed by atoms with Gasteiger partial charge in [-0.25, -0.2) is 0 Å². The smallest absolute Gasteiger partial charge is 0.247 e. The molecule has 8 heteroatoms. The van der Waals surface area contributed by atoms with Crippen molar-refractivity contribution < 1.29 is 14.3 Å². The molecule has 0 radical (unpaired) electrons. The van der Waals surface area contributed by atoms with Gasteiger partial charge in [0.15, 0.2) is 0 Å². The van der Waals surface area contributed by atoms with Gasteiger partial charge in [0.1, 0.15) is 23.0 Å². The van der Waals surface area contributed by atoms with Crippen molar-refractivity contribution in [3.63, 3.8) is 0 Å². The van der Waals surface area contributed by atoms with E-state index in [2.05, 4.69) is 34.2 Å². The average molecular weight is 564 g/mol. The Morgan fingerprint density at radius 1 is 1.00 bits per heavy atom. The number of anilines is 4. The molecule has 4 aromatic rings. The van der Waals surface area contributed by atoms with E-state index in [0.29, 0.717) is 35.4 Å². The molecule has 0 aliphatic carbocycles. The molecule has 0 bridgehead atoms. The van der Waals surface area contributed by atoms with Crippen LogP contribution >= 0.6 is 0 Å². The van der Waals surface area contributed by atoms with E-state index in [-0.39, 0.29) is 5.91 Å². The van der Waals surface area contributed by atoms with Crippen LogP contribution in [0.5, 0.6) is 17.4 Å². The van der Waals surface area contributed by atoms with Crippen molar-refractivity contribution in [2.45, 2.75) is 32.7 Å². The molecule has 1 aromatic heterocycles. The fraction of sp³-hybridized carbons (Fsp3) is 0.235. The Hall–Kier alpha value is -4.82. The first-order valence-electron chi connectivity index (χ1n) is 14.2. The second kappa shape index (κ2) is 13.2. The predicted octanol–water partition coefficient (Wildman–Crippen LogP) is 7.18. The summed E-state index contributed by atoms with van der Waals surface area (Å²) in [7, 11) is 1.65. The number of aromatic nitrogens is 1. The number of nitrogens with one attached hydrogen (secondary N) is 2. The first-order valence-corrected chi connectivity index (χ1v) is 14.2. The number of rotatable bonds is 10. The molecule has 0 unspecified atom stereocenters. The standard InChI is InChI=1S/C34H37N5O3/c1-4-33(40)37-29-21-27(13-11-23(29)2)42-34-30(39-17-6-5-7-18-39)15-16-32(38-34)36-28-14-12-26(20-31(28)41-3)25-10-8-9-24(19-25)22-35/h4,8-16,19-21H,1,5-7,17-18,22,35H2,2-3H3,(H,36,38)(H,37,40). The molecule has 1 aliphatic heterocycles. The topological polar surface area (TPSA) is 102 Å². The third-order valence-corrected chi connectivity index (χ3v) is 7.36. The number of aryl methyl sites for hydroxylation is 1. The van der Waals surface area contributed by atoms with E-state index in [9.17, 15) is 4.79 Å². The summed E-state index contributed by atoms with van der Waals surface area (Å²) in [6, 6.07) is 23.8. The maximum atomic E-state index is 12.0. The van der Waals surface area contributed by atoms with Crippen LogP contribution in [0.1, 0.15) is 30.4 Å². The van der Waals surface area contributed by atoms with Crippen molar-refractivity contribution in [3.05, 3.63) is 96.6 Å². The van der Waals surface area contributed by atoms with Crippen molar-refractivity contribution in [1.82, 2.24) is 4.98 Å². The van der Waals surface area contributed by atoms with Crippen molar-refractivity contribution in [2.75, 3.05) is 35.7 Å². The van der Waals surface area contributed by atoms with Gasteiger partial charge in [0.2, 0.25) is 11.8 Å². The molecule has 0 atom stereocenters. The maximum Gasteiger partial charge on any atom is 0.247 e. The monoisotopic (exact) mass is 563 g/mol. The summed E-state index contributed by atoms with van der Waals surface area (Å²) in [5.41, 5.74) is 12.3. The number of nitrogens with two attached hydrogens (primary N) is 1. The lowest BCUT2D eigenvalue weighted by Crippen LogP contribution is -2.29. The van der Waals surface area contributed by atoms with Crippen molar-refractivity contribution in [3.8, 4) is 28.5 Å². The minimum atomic E-state index is -0.277. The second-order valence-corrected chi connectivity index (χ2v) is 10.3. The average Bonchev–Trinajstić information content (AvgIpc) is 3.03. The van der Waals surface area contributed by atoms with Crippen LogP contribution in [0.3, 0.4) is 0 Å². The highest BCUT2D eigenvalue weighted by Gasteiger charge is 2.19. The molecule has 0 spiro atoms. The summed E-state index contributed by atoms with van der Waals surface area (Å²) in [6.07, 6.45) is 4.71. The zero-order chi connectivity index (χ0) is 29.5. The van der Waals surface area contributed by atoms with E-state index in [1.54, 1.807) is 13.2 Å². The van der Waals surface area contributed by atoms with Crippen LogP contribution in [-0.2, 0) is 11.3 Å². The van der Waals surface area contributed by atoms with Gasteiger partial charge < -0.3 is 30.7 Å². The highest BCUT2D eigenvalue weighted by Crippen LogP contribution is 2.37. The number of nitrogens with zero attached hydrogens (tertiary/aromatic N) is 2. The molecule has 216 valence electrons. The lowest BCUT2D eigenvalue weighted by atomic mass is 10.0. The molecule has 5 rings (SSSR count). The van der Waals surface area contributed by atoms with E-state index >= 15 is 0 Å². The van der Waals surface area contributed by atoms with Crippen molar-refractivity contribution in [2.24, 2.45) is 5.73 Å². The molecule has 2 heterocycles. The Kier molecular flexibility index (Phi) is 9.04. The fourth-order valence-corrected chi connectivity index (χ4v) is 5.04. The molecule has 1 aliphatic rings. The van der Waals surface area contributed by atoms with Crippen LogP contribution in [0.4, 0.5) is 22.9 Å². The number of pyridine rings is 1. The van der Waals surface area contributed by atoms with Gasteiger partial charge in [-0.3, -0.25) is 4.79 Å². The highest BCUT2D eigenvalue weighted by atomic mass is 16.5. The summed E-state index contributed by atoms with van der Waals surface area (Å²) in [6.45, 7) is 7.85. The van der Waals surface area contributed by atoms with Gasteiger partial charge in [-0.2, -0.15) is 4.98 Å². The van der Waals surface area contributed by atoms with Gasteiger partial charge in [0.25, 0.3) is 0 Å². The lowest BCUT2D eigenvalue weighted by molar-refractivity contribution is -0.111. The van der Waals surface area contributed by atoms with Gasteiger partial charge in [-0.1, -0.05) is 36.9 Å². The van der Waals surface area contributed by atoms with Crippen LogP contribution in [-0.4, -0.2) is 31.1 Å². The zero-order valence-electron chi connectivity index (χ0n) is 24.2. The third kappa shape index (κ3) is 6.72. The molecule has 3 aromatic carbocycles. The summed E-state index contributed by atoms with van der Waals surface area (Å²) in [5, 5.41) is 6.26. The number of hydrogen-bond donors (Lipinski definition) is 3.